The molecular weight excluding hydrogens is 224 g/mol. The molecule has 5 heteroatoms. The fraction of sp³-hybridized carbons (Fsp3) is 0.909. The van der Waals surface area contributed by atoms with E-state index in [1.807, 2.05) is 27.7 Å². The van der Waals surface area contributed by atoms with Gasteiger partial charge in [0.05, 0.1) is 0 Å². The summed E-state index contributed by atoms with van der Waals surface area (Å²) in [4.78, 5) is 3.97. The van der Waals surface area contributed by atoms with E-state index in [0.717, 1.165) is 19.3 Å². The van der Waals surface area contributed by atoms with Gasteiger partial charge in [0.15, 0.2) is 6.04 Å². The highest BCUT2D eigenvalue weighted by Crippen LogP contribution is 2.52. The molecule has 0 aliphatic heterocycles. The molecule has 4 nitrogen and oxygen atoms in total. The van der Waals surface area contributed by atoms with Crippen molar-refractivity contribution < 1.29 is 8.42 Å². The molecule has 0 spiro atoms. The van der Waals surface area contributed by atoms with Crippen LogP contribution in [0.3, 0.4) is 0 Å². The zero-order valence-electron chi connectivity index (χ0n) is 10.4. The molecule has 0 amide bonds. The maximum Gasteiger partial charge on any atom is 0.385 e. The van der Waals surface area contributed by atoms with Crippen LogP contribution < -0.4 is 4.72 Å². The third-order valence-electron chi connectivity index (χ3n) is 3.51. The molecular formula is C11H21N2O2S+. The van der Waals surface area contributed by atoms with Gasteiger partial charge in [0.2, 0.25) is 0 Å². The van der Waals surface area contributed by atoms with Crippen molar-refractivity contribution >= 4 is 10.0 Å². The van der Waals surface area contributed by atoms with Crippen molar-refractivity contribution in [3.63, 3.8) is 0 Å². The van der Waals surface area contributed by atoms with Crippen molar-refractivity contribution in [2.75, 3.05) is 0 Å². The summed E-state index contributed by atoms with van der Waals surface area (Å²) < 4.78 is 25.9. The van der Waals surface area contributed by atoms with Gasteiger partial charge in [0.25, 0.3) is 0 Å². The Morgan fingerprint density at radius 2 is 2.19 bits per heavy atom. The van der Waals surface area contributed by atoms with Crippen LogP contribution in [-0.4, -0.2) is 19.7 Å². The van der Waals surface area contributed by atoms with E-state index in [9.17, 15) is 8.42 Å². The molecule has 1 aliphatic rings. The zero-order chi connectivity index (χ0) is 12.4. The first-order chi connectivity index (χ1) is 7.35. The number of nitrogens with one attached hydrogen (secondary N) is 1. The second kappa shape index (κ2) is 4.62. The van der Waals surface area contributed by atoms with E-state index in [2.05, 4.69) is 15.8 Å². The number of hydrogen-bond donors (Lipinski definition) is 1. The first-order valence-corrected chi connectivity index (χ1v) is 7.36. The second-order valence-electron chi connectivity index (χ2n) is 4.85. The summed E-state index contributed by atoms with van der Waals surface area (Å²) in [7, 11) is -3.27. The molecule has 1 N–H and O–H groups in total. The van der Waals surface area contributed by atoms with Crippen LogP contribution in [0.2, 0.25) is 0 Å². The van der Waals surface area contributed by atoms with Crippen molar-refractivity contribution in [3.05, 3.63) is 4.85 Å². The quantitative estimate of drug-likeness (QED) is 0.609. The maximum absolute atomic E-state index is 11.8. The molecule has 1 fully saturated rings. The average Bonchev–Trinajstić information content (AvgIpc) is 2.92. The van der Waals surface area contributed by atoms with Gasteiger partial charge in [-0.15, -0.1) is 4.72 Å². The Morgan fingerprint density at radius 3 is 2.62 bits per heavy atom. The highest BCUT2D eigenvalue weighted by atomic mass is 32.2. The summed E-state index contributed by atoms with van der Waals surface area (Å²) in [5, 5.41) is -0.273. The molecule has 0 aromatic rings. The Labute approximate surface area is 98.3 Å². The van der Waals surface area contributed by atoms with Gasteiger partial charge in [-0.3, -0.25) is 0 Å². The van der Waals surface area contributed by atoms with Crippen LogP contribution in [0.1, 0.15) is 47.0 Å². The van der Waals surface area contributed by atoms with Gasteiger partial charge >= 0.3 is 16.2 Å². The summed E-state index contributed by atoms with van der Waals surface area (Å²) in [5.74, 6) is 0. The van der Waals surface area contributed by atoms with Crippen molar-refractivity contribution in [1.29, 1.82) is 0 Å². The molecule has 92 valence electrons. The van der Waals surface area contributed by atoms with E-state index in [-0.39, 0.29) is 16.7 Å². The number of sulfonamides is 1. The highest BCUT2D eigenvalue weighted by molar-refractivity contribution is 7.90. The van der Waals surface area contributed by atoms with Crippen LogP contribution >= 0.6 is 0 Å². The minimum absolute atomic E-state index is 0.0517. The molecule has 1 rings (SSSR count). The van der Waals surface area contributed by atoms with Crippen LogP contribution in [0.4, 0.5) is 0 Å². The van der Waals surface area contributed by atoms with E-state index in [1.165, 1.54) is 0 Å². The lowest BCUT2D eigenvalue weighted by Gasteiger charge is -2.03. The van der Waals surface area contributed by atoms with E-state index in [4.69, 9.17) is 0 Å². The van der Waals surface area contributed by atoms with Gasteiger partial charge in [-0.2, -0.15) is 13.3 Å². The maximum atomic E-state index is 11.8. The van der Waals surface area contributed by atoms with E-state index >= 15 is 0 Å². The molecule has 0 heterocycles. The third-order valence-corrected chi connectivity index (χ3v) is 5.38. The number of nitrogens with zero attached hydrogens (tertiary/aromatic N) is 1. The van der Waals surface area contributed by atoms with E-state index < -0.39 is 10.0 Å². The Morgan fingerprint density at radius 1 is 1.56 bits per heavy atom. The summed E-state index contributed by atoms with van der Waals surface area (Å²) >= 11 is 0. The van der Waals surface area contributed by atoms with Crippen molar-refractivity contribution in [2.24, 2.45) is 5.41 Å². The molecule has 1 aliphatic carbocycles. The smallest absolute Gasteiger partial charge is 0.197 e. The van der Waals surface area contributed by atoms with Gasteiger partial charge in [0.1, 0.15) is 5.25 Å². The van der Waals surface area contributed by atoms with Crippen LogP contribution in [0, 0.1) is 11.6 Å². The SMILES string of the molecule is CCC(C)[N+]#CNS(=O)(=O)C1CC1(C)CC. The fourth-order valence-electron chi connectivity index (χ4n) is 1.58. The molecule has 0 radical (unpaired) electrons. The Kier molecular flexibility index (Phi) is 3.84. The van der Waals surface area contributed by atoms with Gasteiger partial charge in [-0.25, -0.2) is 0 Å². The van der Waals surface area contributed by atoms with Gasteiger partial charge < -0.3 is 0 Å². The Hall–Kier alpha value is -0.760. The Bertz CT molecular complexity index is 407. The number of rotatable bonds is 4. The monoisotopic (exact) mass is 245 g/mol. The molecule has 16 heavy (non-hydrogen) atoms. The second-order valence-corrected chi connectivity index (χ2v) is 6.71. The lowest BCUT2D eigenvalue weighted by atomic mass is 10.1. The lowest BCUT2D eigenvalue weighted by Crippen LogP contribution is -2.25. The average molecular weight is 245 g/mol. The van der Waals surface area contributed by atoms with E-state index in [0.29, 0.717) is 0 Å². The molecule has 0 aromatic heterocycles. The summed E-state index contributed by atoms with van der Waals surface area (Å²) in [6.45, 7) is 7.95. The standard InChI is InChI=1S/C11H20N2O2S/c1-5-9(3)12-8-13-16(14,15)10-7-11(10,4)6-2/h9-10H,5-7H2,1-4H3/p+1. The molecule has 0 saturated heterocycles. The lowest BCUT2D eigenvalue weighted by molar-refractivity contribution is 0.533. The summed E-state index contributed by atoms with van der Waals surface area (Å²) in [6.07, 6.45) is 4.96. The topological polar surface area (TPSA) is 50.5 Å². The van der Waals surface area contributed by atoms with Crippen molar-refractivity contribution in [2.45, 2.75) is 58.2 Å². The van der Waals surface area contributed by atoms with Gasteiger partial charge in [0, 0.05) is 6.42 Å². The van der Waals surface area contributed by atoms with Crippen molar-refractivity contribution in [3.8, 4) is 6.19 Å². The Balaban J connectivity index is 2.58. The minimum atomic E-state index is -3.27. The minimum Gasteiger partial charge on any atom is -0.197 e. The summed E-state index contributed by atoms with van der Waals surface area (Å²) in [6, 6.07) is 0.111. The highest BCUT2D eigenvalue weighted by Gasteiger charge is 2.58. The van der Waals surface area contributed by atoms with Gasteiger partial charge in [-0.1, -0.05) is 20.8 Å². The van der Waals surface area contributed by atoms with Crippen LogP contribution in [0.15, 0.2) is 0 Å². The molecule has 3 atom stereocenters. The normalized spacial score (nSPS) is 30.1. The first-order valence-electron chi connectivity index (χ1n) is 5.81. The van der Waals surface area contributed by atoms with Crippen LogP contribution in [0.5, 0.6) is 0 Å². The molecule has 3 unspecified atom stereocenters. The number of hydrogen-bond acceptors (Lipinski definition) is 2. The van der Waals surface area contributed by atoms with Crippen LogP contribution in [0.25, 0.3) is 4.85 Å². The molecule has 0 bridgehead atoms. The zero-order valence-corrected chi connectivity index (χ0v) is 11.3. The van der Waals surface area contributed by atoms with E-state index in [1.54, 1.807) is 0 Å². The predicted molar refractivity (Wildman–Crippen MR) is 65.9 cm³/mol. The largest absolute Gasteiger partial charge is 0.385 e. The van der Waals surface area contributed by atoms with Gasteiger partial charge in [-0.05, 0) is 25.2 Å². The third kappa shape index (κ3) is 2.88. The molecule has 0 aromatic carbocycles. The summed E-state index contributed by atoms with van der Waals surface area (Å²) in [5.41, 5.74) is -0.0517. The van der Waals surface area contributed by atoms with Crippen LogP contribution in [-0.2, 0) is 10.0 Å². The first kappa shape index (κ1) is 13.3. The predicted octanol–water partition coefficient (Wildman–Crippen LogP) is 2.18. The fourth-order valence-corrected chi connectivity index (χ4v) is 3.42. The van der Waals surface area contributed by atoms with Crippen molar-refractivity contribution in [1.82, 2.24) is 4.72 Å². The molecule has 1 saturated carbocycles.